The SMILES string of the molecule is CC1CCC(NCCS(=O)(=O)C(C)(C)C)CC1. The van der Waals surface area contributed by atoms with Gasteiger partial charge in [-0.2, -0.15) is 0 Å². The molecule has 0 amide bonds. The van der Waals surface area contributed by atoms with Crippen molar-refractivity contribution >= 4 is 9.84 Å². The van der Waals surface area contributed by atoms with Crippen molar-refractivity contribution in [3.05, 3.63) is 0 Å². The van der Waals surface area contributed by atoms with Gasteiger partial charge in [0.25, 0.3) is 0 Å². The minimum atomic E-state index is -2.97. The monoisotopic (exact) mass is 261 g/mol. The molecule has 0 aromatic rings. The van der Waals surface area contributed by atoms with Crippen LogP contribution in [0.2, 0.25) is 0 Å². The van der Waals surface area contributed by atoms with Crippen molar-refractivity contribution < 1.29 is 8.42 Å². The molecule has 3 nitrogen and oxygen atoms in total. The Bertz CT molecular complexity index is 322. The second kappa shape index (κ2) is 5.70. The van der Waals surface area contributed by atoms with Crippen molar-refractivity contribution in [2.45, 2.75) is 64.2 Å². The molecule has 0 spiro atoms. The molecule has 0 aromatic heterocycles. The van der Waals surface area contributed by atoms with Gasteiger partial charge in [-0.05, 0) is 52.4 Å². The molecular weight excluding hydrogens is 234 g/mol. The summed E-state index contributed by atoms with van der Waals surface area (Å²) in [6.07, 6.45) is 4.92. The molecule has 0 atom stereocenters. The summed E-state index contributed by atoms with van der Waals surface area (Å²) in [4.78, 5) is 0. The Kier molecular flexibility index (Phi) is 5.02. The first kappa shape index (κ1) is 15.0. The molecule has 0 saturated heterocycles. The summed E-state index contributed by atoms with van der Waals surface area (Å²) in [6, 6.07) is 0.529. The number of hydrogen-bond donors (Lipinski definition) is 1. The molecule has 0 heterocycles. The Labute approximate surface area is 106 Å². The van der Waals surface area contributed by atoms with Gasteiger partial charge >= 0.3 is 0 Å². The van der Waals surface area contributed by atoms with Crippen LogP contribution in [0.15, 0.2) is 0 Å². The van der Waals surface area contributed by atoms with E-state index in [0.29, 0.717) is 12.6 Å². The predicted octanol–water partition coefficient (Wildman–Crippen LogP) is 2.37. The average molecular weight is 261 g/mol. The second-order valence-corrected chi connectivity index (χ2v) is 9.20. The lowest BCUT2D eigenvalue weighted by atomic mass is 9.87. The van der Waals surface area contributed by atoms with E-state index in [0.717, 1.165) is 5.92 Å². The van der Waals surface area contributed by atoms with Crippen LogP contribution >= 0.6 is 0 Å². The van der Waals surface area contributed by atoms with Gasteiger partial charge in [-0.25, -0.2) is 8.42 Å². The topological polar surface area (TPSA) is 46.2 Å². The average Bonchev–Trinajstić information content (AvgIpc) is 2.19. The fourth-order valence-corrected chi connectivity index (χ4v) is 3.17. The summed E-state index contributed by atoms with van der Waals surface area (Å²) >= 11 is 0. The largest absolute Gasteiger partial charge is 0.313 e. The van der Waals surface area contributed by atoms with E-state index in [4.69, 9.17) is 0 Å². The third-order valence-electron chi connectivity index (χ3n) is 3.75. The Morgan fingerprint density at radius 3 is 2.12 bits per heavy atom. The lowest BCUT2D eigenvalue weighted by Gasteiger charge is -2.27. The maximum Gasteiger partial charge on any atom is 0.156 e. The van der Waals surface area contributed by atoms with Gasteiger partial charge in [-0.15, -0.1) is 0 Å². The predicted molar refractivity (Wildman–Crippen MR) is 73.0 cm³/mol. The number of sulfone groups is 1. The summed E-state index contributed by atoms with van der Waals surface area (Å²) in [5.41, 5.74) is 0. The molecule has 102 valence electrons. The summed E-state index contributed by atoms with van der Waals surface area (Å²) < 4.78 is 23.2. The Balaban J connectivity index is 2.29. The van der Waals surface area contributed by atoms with Gasteiger partial charge in [0.15, 0.2) is 9.84 Å². The van der Waals surface area contributed by atoms with Crippen molar-refractivity contribution in [1.29, 1.82) is 0 Å². The van der Waals surface area contributed by atoms with Crippen LogP contribution in [0.5, 0.6) is 0 Å². The number of rotatable bonds is 4. The molecule has 0 unspecified atom stereocenters. The molecule has 1 aliphatic carbocycles. The van der Waals surface area contributed by atoms with Crippen LogP contribution in [-0.4, -0.2) is 31.5 Å². The van der Waals surface area contributed by atoms with Crippen LogP contribution in [0.3, 0.4) is 0 Å². The van der Waals surface area contributed by atoms with Crippen LogP contribution in [0.4, 0.5) is 0 Å². The summed E-state index contributed by atoms with van der Waals surface area (Å²) in [5.74, 6) is 1.09. The Hall–Kier alpha value is -0.0900. The molecular formula is C13H27NO2S. The van der Waals surface area contributed by atoms with Gasteiger partial charge in [-0.1, -0.05) is 6.92 Å². The van der Waals surface area contributed by atoms with Crippen LogP contribution in [0.1, 0.15) is 53.4 Å². The third-order valence-corrected chi connectivity index (χ3v) is 6.36. The van der Waals surface area contributed by atoms with Crippen molar-refractivity contribution in [1.82, 2.24) is 5.32 Å². The quantitative estimate of drug-likeness (QED) is 0.845. The zero-order chi connectivity index (χ0) is 13.1. The highest BCUT2D eigenvalue weighted by atomic mass is 32.2. The summed E-state index contributed by atoms with van der Waals surface area (Å²) in [7, 11) is -2.97. The van der Waals surface area contributed by atoms with E-state index in [9.17, 15) is 8.42 Å². The second-order valence-electron chi connectivity index (χ2n) is 6.34. The molecule has 1 fully saturated rings. The summed E-state index contributed by atoms with van der Waals surface area (Å²) in [6.45, 7) is 8.19. The molecule has 17 heavy (non-hydrogen) atoms. The van der Waals surface area contributed by atoms with Crippen molar-refractivity contribution in [3.8, 4) is 0 Å². The molecule has 0 aliphatic heterocycles. The van der Waals surface area contributed by atoms with Crippen LogP contribution < -0.4 is 5.32 Å². The smallest absolute Gasteiger partial charge is 0.156 e. The molecule has 1 rings (SSSR count). The summed E-state index contributed by atoms with van der Waals surface area (Å²) in [5, 5.41) is 3.39. The molecule has 1 saturated carbocycles. The standard InChI is InChI=1S/C13H27NO2S/c1-11-5-7-12(8-6-11)14-9-10-17(15,16)13(2,3)4/h11-12,14H,5-10H2,1-4H3. The normalized spacial score (nSPS) is 27.1. The molecule has 0 aromatic carbocycles. The molecule has 1 aliphatic rings. The van der Waals surface area contributed by atoms with Gasteiger partial charge < -0.3 is 5.32 Å². The van der Waals surface area contributed by atoms with E-state index in [-0.39, 0.29) is 5.75 Å². The van der Waals surface area contributed by atoms with Gasteiger partial charge in [0, 0.05) is 12.6 Å². The van der Waals surface area contributed by atoms with Gasteiger partial charge in [-0.3, -0.25) is 0 Å². The highest BCUT2D eigenvalue weighted by Crippen LogP contribution is 2.23. The van der Waals surface area contributed by atoms with Crippen molar-refractivity contribution in [2.75, 3.05) is 12.3 Å². The molecule has 0 radical (unpaired) electrons. The van der Waals surface area contributed by atoms with Crippen LogP contribution in [-0.2, 0) is 9.84 Å². The van der Waals surface area contributed by atoms with Crippen molar-refractivity contribution in [3.63, 3.8) is 0 Å². The van der Waals surface area contributed by atoms with Crippen LogP contribution in [0, 0.1) is 5.92 Å². The highest BCUT2D eigenvalue weighted by Gasteiger charge is 2.28. The van der Waals surface area contributed by atoms with Crippen LogP contribution in [0.25, 0.3) is 0 Å². The van der Waals surface area contributed by atoms with Gasteiger partial charge in [0.2, 0.25) is 0 Å². The maximum absolute atomic E-state index is 11.9. The number of hydrogen-bond acceptors (Lipinski definition) is 3. The lowest BCUT2D eigenvalue weighted by Crippen LogP contribution is -2.39. The minimum Gasteiger partial charge on any atom is -0.313 e. The van der Waals surface area contributed by atoms with Crippen molar-refractivity contribution in [2.24, 2.45) is 5.92 Å². The van der Waals surface area contributed by atoms with E-state index in [2.05, 4.69) is 12.2 Å². The highest BCUT2D eigenvalue weighted by molar-refractivity contribution is 7.92. The Morgan fingerprint density at radius 1 is 1.12 bits per heavy atom. The zero-order valence-electron chi connectivity index (χ0n) is 11.6. The number of nitrogens with one attached hydrogen (secondary N) is 1. The molecule has 0 bridgehead atoms. The van der Waals surface area contributed by atoms with E-state index in [1.807, 2.05) is 0 Å². The van der Waals surface area contributed by atoms with Gasteiger partial charge in [0.1, 0.15) is 0 Å². The van der Waals surface area contributed by atoms with E-state index in [1.54, 1.807) is 20.8 Å². The fraction of sp³-hybridized carbons (Fsp3) is 1.00. The molecule has 4 heteroatoms. The van der Waals surface area contributed by atoms with E-state index in [1.165, 1.54) is 25.7 Å². The first-order valence-electron chi connectivity index (χ1n) is 6.68. The van der Waals surface area contributed by atoms with E-state index < -0.39 is 14.6 Å². The first-order valence-corrected chi connectivity index (χ1v) is 8.33. The fourth-order valence-electron chi connectivity index (χ4n) is 2.17. The van der Waals surface area contributed by atoms with Gasteiger partial charge in [0.05, 0.1) is 10.5 Å². The first-order chi connectivity index (χ1) is 7.72. The maximum atomic E-state index is 11.9. The zero-order valence-corrected chi connectivity index (χ0v) is 12.4. The third kappa shape index (κ3) is 4.59. The molecule has 1 N–H and O–H groups in total. The minimum absolute atomic E-state index is 0.253. The van der Waals surface area contributed by atoms with E-state index >= 15 is 0 Å². The lowest BCUT2D eigenvalue weighted by molar-refractivity contribution is 0.311. The Morgan fingerprint density at radius 2 is 1.65 bits per heavy atom.